The zero-order chi connectivity index (χ0) is 18.3. The summed E-state index contributed by atoms with van der Waals surface area (Å²) in [6, 6.07) is 8.84. The van der Waals surface area contributed by atoms with Gasteiger partial charge in [0.15, 0.2) is 0 Å². The molecule has 25 heavy (non-hydrogen) atoms. The van der Waals surface area contributed by atoms with Crippen molar-refractivity contribution in [2.24, 2.45) is 0 Å². The van der Waals surface area contributed by atoms with Crippen LogP contribution in [0.4, 0.5) is 0 Å². The number of allylic oxidation sites excluding steroid dienone is 4. The van der Waals surface area contributed by atoms with Crippen LogP contribution in [0.3, 0.4) is 0 Å². The van der Waals surface area contributed by atoms with E-state index in [1.807, 2.05) is 0 Å². The average molecular weight is 418 g/mol. The molecule has 142 valence electrons. The van der Waals surface area contributed by atoms with Crippen molar-refractivity contribution in [2.75, 3.05) is 0 Å². The molecule has 0 fully saturated rings. The third-order valence-electron chi connectivity index (χ3n) is 4.12. The molecule has 0 amide bonds. The van der Waals surface area contributed by atoms with Crippen LogP contribution < -0.4 is 5.30 Å². The molecule has 0 aromatic heterocycles. The molecule has 0 bridgehead atoms. The second-order valence-corrected chi connectivity index (χ2v) is 14.3. The normalized spacial score (nSPS) is 13.8. The van der Waals surface area contributed by atoms with E-state index in [0.29, 0.717) is 0 Å². The van der Waals surface area contributed by atoms with Gasteiger partial charge in [-0.25, -0.2) is 18.2 Å². The van der Waals surface area contributed by atoms with Crippen LogP contribution in [0.5, 0.6) is 0 Å². The molecule has 1 aromatic rings. The number of hydrogen-bond donors (Lipinski definition) is 0. The van der Waals surface area contributed by atoms with Gasteiger partial charge in [0, 0.05) is 0 Å². The van der Waals surface area contributed by atoms with Crippen molar-refractivity contribution in [3.63, 3.8) is 0 Å². The van der Waals surface area contributed by atoms with Crippen LogP contribution in [0.25, 0.3) is 0 Å². The molecule has 0 heterocycles. The standard InChI is InChI=1S/2C11H18P.Fe/c2*1-9(2)12(10(3)4)11-7-5-6-8-11;/h5,7,9-10H,6H2,1-4H3;5-10H,1-4H3;/q2*-1;+2. The molecule has 0 radical (unpaired) electrons. The van der Waals surface area contributed by atoms with Gasteiger partial charge in [-0.2, -0.15) is 23.5 Å². The van der Waals surface area contributed by atoms with Gasteiger partial charge in [0.05, 0.1) is 0 Å². The minimum absolute atomic E-state index is 0. The van der Waals surface area contributed by atoms with E-state index < -0.39 is 0 Å². The molecule has 3 heteroatoms. The van der Waals surface area contributed by atoms with Gasteiger partial charge in [-0.1, -0.05) is 63.3 Å². The van der Waals surface area contributed by atoms with Crippen LogP contribution in [-0.2, 0) is 17.1 Å². The van der Waals surface area contributed by atoms with Crippen molar-refractivity contribution in [2.45, 2.75) is 84.4 Å². The maximum atomic E-state index is 3.45. The molecular weight excluding hydrogens is 382 g/mol. The minimum atomic E-state index is 0. The summed E-state index contributed by atoms with van der Waals surface area (Å²) < 4.78 is 0. The van der Waals surface area contributed by atoms with Gasteiger partial charge in [-0.15, -0.1) is 19.6 Å². The van der Waals surface area contributed by atoms with E-state index in [9.17, 15) is 0 Å². The molecular formula is C22H36FeP2. The Kier molecular flexibility index (Phi) is 12.7. The fourth-order valence-electron chi connectivity index (χ4n) is 3.45. The quantitative estimate of drug-likeness (QED) is 0.259. The smallest absolute Gasteiger partial charge is 0.265 e. The maximum absolute atomic E-state index is 3.45. The number of hydrogen-bond acceptors (Lipinski definition) is 0. The molecule has 1 aromatic carbocycles. The molecule has 0 atom stereocenters. The summed E-state index contributed by atoms with van der Waals surface area (Å²) in [6.45, 7) is 18.6. The minimum Gasteiger partial charge on any atom is -0.265 e. The maximum Gasteiger partial charge on any atom is 2.00 e. The Labute approximate surface area is 170 Å². The predicted octanol–water partition coefficient (Wildman–Crippen LogP) is 7.26. The topological polar surface area (TPSA) is 0 Å². The van der Waals surface area contributed by atoms with Crippen molar-refractivity contribution in [3.8, 4) is 0 Å². The molecule has 0 N–H and O–H groups in total. The first-order valence-electron chi connectivity index (χ1n) is 9.31. The summed E-state index contributed by atoms with van der Waals surface area (Å²) in [5.74, 6) is 0. The third-order valence-corrected chi connectivity index (χ3v) is 10.3. The van der Waals surface area contributed by atoms with E-state index in [0.717, 1.165) is 29.1 Å². The Bertz CT molecular complexity index is 494. The molecule has 0 saturated heterocycles. The van der Waals surface area contributed by atoms with E-state index >= 15 is 0 Å². The van der Waals surface area contributed by atoms with Gasteiger partial charge in [0.1, 0.15) is 0 Å². The van der Waals surface area contributed by atoms with E-state index in [2.05, 4.69) is 97.9 Å². The van der Waals surface area contributed by atoms with Gasteiger partial charge < -0.3 is 0 Å². The Morgan fingerprint density at radius 3 is 1.72 bits per heavy atom. The zero-order valence-corrected chi connectivity index (χ0v) is 20.1. The third kappa shape index (κ3) is 8.18. The molecule has 0 saturated carbocycles. The van der Waals surface area contributed by atoms with Crippen molar-refractivity contribution < 1.29 is 17.1 Å². The van der Waals surface area contributed by atoms with Crippen LogP contribution in [-0.4, -0.2) is 22.6 Å². The summed E-state index contributed by atoms with van der Waals surface area (Å²) in [6.07, 6.45) is 8.98. The van der Waals surface area contributed by atoms with Crippen molar-refractivity contribution >= 4 is 21.1 Å². The van der Waals surface area contributed by atoms with Crippen LogP contribution in [0.1, 0.15) is 61.8 Å². The average Bonchev–Trinajstić information content (AvgIpc) is 3.11. The van der Waals surface area contributed by atoms with E-state index in [1.165, 1.54) is 5.31 Å². The molecule has 0 spiro atoms. The zero-order valence-electron chi connectivity index (χ0n) is 17.2. The van der Waals surface area contributed by atoms with Crippen molar-refractivity contribution in [1.29, 1.82) is 0 Å². The molecule has 2 rings (SSSR count). The van der Waals surface area contributed by atoms with Gasteiger partial charge in [0.2, 0.25) is 0 Å². The van der Waals surface area contributed by atoms with Crippen LogP contribution >= 0.6 is 15.8 Å². The second-order valence-electron chi connectivity index (χ2n) is 7.50. The van der Waals surface area contributed by atoms with Gasteiger partial charge in [-0.3, -0.25) is 6.08 Å². The SMILES string of the molecule is CC(C)P(C1=[C-]CC=C1)C(C)C.CC(C)P(c1ccc[cH-]1)C(C)C.[Fe+2]. The molecule has 0 aliphatic heterocycles. The van der Waals surface area contributed by atoms with E-state index in [-0.39, 0.29) is 32.9 Å². The molecule has 1 aliphatic carbocycles. The van der Waals surface area contributed by atoms with Crippen LogP contribution in [0, 0.1) is 6.08 Å². The first-order valence-corrected chi connectivity index (χ1v) is 12.3. The van der Waals surface area contributed by atoms with Gasteiger partial charge in [-0.05, 0) is 22.6 Å². The molecule has 0 unspecified atom stereocenters. The van der Waals surface area contributed by atoms with Crippen molar-refractivity contribution in [3.05, 3.63) is 47.8 Å². The van der Waals surface area contributed by atoms with E-state index in [4.69, 9.17) is 0 Å². The van der Waals surface area contributed by atoms with Crippen LogP contribution in [0.15, 0.2) is 41.7 Å². The Morgan fingerprint density at radius 1 is 0.880 bits per heavy atom. The molecule has 0 nitrogen and oxygen atoms in total. The predicted molar refractivity (Wildman–Crippen MR) is 117 cm³/mol. The first-order chi connectivity index (χ1) is 11.3. The van der Waals surface area contributed by atoms with Gasteiger partial charge in [0.25, 0.3) is 0 Å². The van der Waals surface area contributed by atoms with Crippen LogP contribution in [0.2, 0.25) is 0 Å². The summed E-state index contributed by atoms with van der Waals surface area (Å²) in [4.78, 5) is 0. The monoisotopic (exact) mass is 418 g/mol. The summed E-state index contributed by atoms with van der Waals surface area (Å²) in [7, 11) is 0.102. The summed E-state index contributed by atoms with van der Waals surface area (Å²) in [5, 5.41) is 3.06. The largest absolute Gasteiger partial charge is 2.00 e. The van der Waals surface area contributed by atoms with Gasteiger partial charge >= 0.3 is 17.1 Å². The fourth-order valence-corrected chi connectivity index (χ4v) is 9.21. The Morgan fingerprint density at radius 2 is 1.40 bits per heavy atom. The Balaban J connectivity index is 0.000000443. The van der Waals surface area contributed by atoms with Crippen molar-refractivity contribution in [1.82, 2.24) is 0 Å². The summed E-state index contributed by atoms with van der Waals surface area (Å²) in [5.41, 5.74) is 3.21. The summed E-state index contributed by atoms with van der Waals surface area (Å²) >= 11 is 0. The number of rotatable bonds is 6. The second kappa shape index (κ2) is 12.6. The molecule has 1 aliphatic rings. The Hall–Kier alpha value is 0.209. The van der Waals surface area contributed by atoms with E-state index in [1.54, 1.807) is 5.30 Å². The first kappa shape index (κ1) is 25.2. The fraction of sp³-hybridized carbons (Fsp3) is 0.591.